The van der Waals surface area contributed by atoms with Gasteiger partial charge in [-0.15, -0.1) is 0 Å². The second kappa shape index (κ2) is 2.78. The largest absolute Gasteiger partial charge is 0.402 e. The minimum atomic E-state index is -0.178. The Morgan fingerprint density at radius 1 is 1.08 bits per heavy atom. The van der Waals surface area contributed by atoms with E-state index in [9.17, 15) is 9.59 Å². The summed E-state index contributed by atoms with van der Waals surface area (Å²) in [6.07, 6.45) is 0. The lowest BCUT2D eigenvalue weighted by molar-refractivity contribution is 0.0775. The number of imide groups is 1. The molecule has 0 N–H and O–H groups in total. The quantitative estimate of drug-likeness (QED) is 0.474. The van der Waals surface area contributed by atoms with Gasteiger partial charge in [-0.25, -0.2) is 9.59 Å². The maximum Gasteiger partial charge on any atom is 0.402 e. The number of benzene rings is 1. The molecule has 0 fully saturated rings. The highest BCUT2D eigenvalue weighted by atomic mass is 16.2. The fourth-order valence-electron chi connectivity index (χ4n) is 1.53. The molecule has 13 heavy (non-hydrogen) atoms. The van der Waals surface area contributed by atoms with Gasteiger partial charge in [0.25, 0.3) is 0 Å². The van der Waals surface area contributed by atoms with Crippen LogP contribution in [-0.4, -0.2) is 18.4 Å². The standard InChI is InChI=1S/C10H9NO2/c1-2-11-9(12)7-5-3-4-6-8(7)10(11)13/h3-6H,2H2,1H3/q+1. The summed E-state index contributed by atoms with van der Waals surface area (Å²) in [6.45, 7) is 2.23. The van der Waals surface area contributed by atoms with Crippen LogP contribution in [0, 0.1) is 0 Å². The number of carbonyl (C=O) groups is 2. The zero-order chi connectivity index (χ0) is 9.42. The molecular weight excluding hydrogens is 166 g/mol. The molecule has 1 aliphatic rings. The van der Waals surface area contributed by atoms with Gasteiger partial charge in [-0.05, 0) is 24.0 Å². The predicted octanol–water partition coefficient (Wildman–Crippen LogP) is 1.14. The Kier molecular flexibility index (Phi) is 1.74. The number of carbonyl (C=O) groups excluding carboxylic acids is 2. The molecule has 1 heterocycles. The van der Waals surface area contributed by atoms with Crippen molar-refractivity contribution in [3.63, 3.8) is 0 Å². The minimum Gasteiger partial charge on any atom is -0.219 e. The van der Waals surface area contributed by atoms with Crippen molar-refractivity contribution < 1.29 is 9.59 Å². The van der Waals surface area contributed by atoms with Gasteiger partial charge in [0.2, 0.25) is 0 Å². The highest BCUT2D eigenvalue weighted by Gasteiger charge is 2.45. The Morgan fingerprint density at radius 3 is 1.92 bits per heavy atom. The fourth-order valence-corrected chi connectivity index (χ4v) is 1.53. The van der Waals surface area contributed by atoms with Crippen molar-refractivity contribution in [1.82, 2.24) is 4.90 Å². The van der Waals surface area contributed by atoms with E-state index in [0.717, 1.165) is 0 Å². The molecule has 2 rings (SSSR count). The number of fused-ring (bicyclic) bond motifs is 1. The molecule has 3 heteroatoms. The Morgan fingerprint density at radius 2 is 1.54 bits per heavy atom. The van der Waals surface area contributed by atoms with Crippen molar-refractivity contribution in [2.45, 2.75) is 6.92 Å². The van der Waals surface area contributed by atoms with E-state index in [1.54, 1.807) is 31.2 Å². The Bertz CT molecular complexity index is 349. The average molecular weight is 175 g/mol. The van der Waals surface area contributed by atoms with Crippen molar-refractivity contribution >= 4 is 11.8 Å². The smallest absolute Gasteiger partial charge is 0.219 e. The number of amides is 2. The lowest BCUT2D eigenvalue weighted by Gasteiger charge is -1.92. The Labute approximate surface area is 76.0 Å². The van der Waals surface area contributed by atoms with E-state index >= 15 is 0 Å². The summed E-state index contributed by atoms with van der Waals surface area (Å²) >= 11 is 0. The minimum absolute atomic E-state index is 0.178. The van der Waals surface area contributed by atoms with Gasteiger partial charge in [0.1, 0.15) is 17.7 Å². The summed E-state index contributed by atoms with van der Waals surface area (Å²) in [5, 5.41) is 0. The Balaban J connectivity index is 2.57. The van der Waals surface area contributed by atoms with Crippen molar-refractivity contribution in [1.29, 1.82) is 0 Å². The molecular formula is C10H9NO2+. The molecule has 0 bridgehead atoms. The molecule has 0 aromatic heterocycles. The molecule has 3 nitrogen and oxygen atoms in total. The number of hydrogen-bond donors (Lipinski definition) is 0. The van der Waals surface area contributed by atoms with Crippen molar-refractivity contribution in [3.05, 3.63) is 35.4 Å². The van der Waals surface area contributed by atoms with Gasteiger partial charge < -0.3 is 0 Å². The summed E-state index contributed by atoms with van der Waals surface area (Å²) in [6, 6.07) is 6.91. The van der Waals surface area contributed by atoms with E-state index in [-0.39, 0.29) is 11.8 Å². The second-order valence-corrected chi connectivity index (χ2v) is 2.90. The van der Waals surface area contributed by atoms with Crippen LogP contribution in [0.25, 0.3) is 0 Å². The molecule has 2 amide bonds. The van der Waals surface area contributed by atoms with Crippen LogP contribution in [0.3, 0.4) is 0 Å². The number of rotatable bonds is 1. The first-order chi connectivity index (χ1) is 6.25. The summed E-state index contributed by atoms with van der Waals surface area (Å²) in [5.74, 6) is -0.355. The molecule has 1 aliphatic heterocycles. The van der Waals surface area contributed by atoms with Crippen LogP contribution in [0.2, 0.25) is 0 Å². The van der Waals surface area contributed by atoms with Crippen LogP contribution < -0.4 is 4.90 Å². The molecule has 1 aromatic rings. The van der Waals surface area contributed by atoms with Crippen molar-refractivity contribution in [3.8, 4) is 0 Å². The molecule has 0 spiro atoms. The normalized spacial score (nSPS) is 16.4. The molecule has 65 valence electrons. The molecule has 0 saturated heterocycles. The van der Waals surface area contributed by atoms with E-state index in [0.29, 0.717) is 17.7 Å². The number of hydrogen-bond acceptors (Lipinski definition) is 2. The van der Waals surface area contributed by atoms with Crippen LogP contribution in [-0.2, 0) is 0 Å². The first-order valence-electron chi connectivity index (χ1n) is 4.21. The van der Waals surface area contributed by atoms with E-state index in [2.05, 4.69) is 0 Å². The van der Waals surface area contributed by atoms with Gasteiger partial charge >= 0.3 is 11.8 Å². The highest BCUT2D eigenvalue weighted by Crippen LogP contribution is 2.19. The van der Waals surface area contributed by atoms with Crippen LogP contribution in [0.4, 0.5) is 0 Å². The lowest BCUT2D eigenvalue weighted by atomic mass is 10.1. The molecule has 0 aliphatic carbocycles. The topological polar surface area (TPSA) is 40.0 Å². The Hall–Kier alpha value is -1.48. The summed E-state index contributed by atoms with van der Waals surface area (Å²) in [5.41, 5.74) is 1.05. The third-order valence-electron chi connectivity index (χ3n) is 2.19. The zero-order valence-corrected chi connectivity index (χ0v) is 7.28. The molecule has 1 radical (unpaired) electrons. The fraction of sp³-hybridized carbons (Fsp3) is 0.200. The average Bonchev–Trinajstić information content (AvgIpc) is 2.41. The summed E-state index contributed by atoms with van der Waals surface area (Å²) in [4.78, 5) is 24.3. The van der Waals surface area contributed by atoms with Crippen LogP contribution in [0.5, 0.6) is 0 Å². The zero-order valence-electron chi connectivity index (χ0n) is 7.28. The molecule has 1 aromatic carbocycles. The van der Waals surface area contributed by atoms with Gasteiger partial charge in [0.15, 0.2) is 0 Å². The van der Waals surface area contributed by atoms with Gasteiger partial charge in [-0.2, -0.15) is 0 Å². The molecule has 0 saturated carbocycles. The monoisotopic (exact) mass is 175 g/mol. The third kappa shape index (κ3) is 1.01. The lowest BCUT2D eigenvalue weighted by Crippen LogP contribution is -2.35. The van der Waals surface area contributed by atoms with Crippen LogP contribution >= 0.6 is 0 Å². The van der Waals surface area contributed by atoms with Gasteiger partial charge in [-0.1, -0.05) is 12.1 Å². The maximum atomic E-state index is 11.5. The molecule has 0 unspecified atom stereocenters. The predicted molar refractivity (Wildman–Crippen MR) is 47.8 cm³/mol. The van der Waals surface area contributed by atoms with Gasteiger partial charge in [0.05, 0.1) is 0 Å². The first kappa shape index (κ1) is 8.13. The van der Waals surface area contributed by atoms with E-state index in [1.807, 2.05) is 0 Å². The van der Waals surface area contributed by atoms with E-state index < -0.39 is 0 Å². The van der Waals surface area contributed by atoms with Crippen LogP contribution in [0.1, 0.15) is 27.6 Å². The third-order valence-corrected chi connectivity index (χ3v) is 2.19. The number of nitrogens with zero attached hydrogens (tertiary/aromatic N) is 1. The van der Waals surface area contributed by atoms with Crippen LogP contribution in [0.15, 0.2) is 24.3 Å². The highest BCUT2D eigenvalue weighted by molar-refractivity contribution is 6.23. The maximum absolute atomic E-state index is 11.5. The summed E-state index contributed by atoms with van der Waals surface area (Å²) in [7, 11) is 0. The van der Waals surface area contributed by atoms with Crippen molar-refractivity contribution in [2.24, 2.45) is 0 Å². The van der Waals surface area contributed by atoms with Gasteiger partial charge in [0, 0.05) is 0 Å². The van der Waals surface area contributed by atoms with E-state index in [1.165, 1.54) is 4.90 Å². The first-order valence-corrected chi connectivity index (χ1v) is 4.21. The van der Waals surface area contributed by atoms with Gasteiger partial charge in [-0.3, -0.25) is 0 Å². The van der Waals surface area contributed by atoms with Crippen molar-refractivity contribution in [2.75, 3.05) is 6.54 Å². The molecule has 0 atom stereocenters. The SMILES string of the molecule is CC[N+]1C(=O)c2ccccc2C1=O. The summed E-state index contributed by atoms with van der Waals surface area (Å²) < 4.78 is 0. The van der Waals surface area contributed by atoms with E-state index in [4.69, 9.17) is 0 Å². The second-order valence-electron chi connectivity index (χ2n) is 2.90.